The lowest BCUT2D eigenvalue weighted by molar-refractivity contribution is 0.0688. The van der Waals surface area contributed by atoms with Gasteiger partial charge in [-0.2, -0.15) is 5.10 Å². The maximum atomic E-state index is 13.1. The van der Waals surface area contributed by atoms with Gasteiger partial charge in [0.05, 0.1) is 6.54 Å². The molecule has 3 rings (SSSR count). The van der Waals surface area contributed by atoms with Crippen LogP contribution >= 0.6 is 0 Å². The maximum Gasteiger partial charge on any atom is 0.356 e. The number of halogens is 2. The summed E-state index contributed by atoms with van der Waals surface area (Å²) < 4.78 is 27.7. The number of aromatic carboxylic acids is 1. The van der Waals surface area contributed by atoms with Gasteiger partial charge in [-0.1, -0.05) is 24.3 Å². The standard InChI is InChI=1S/C15H15F2N3O2/c16-14(17)10-4-2-1-3-9(10)8-20-12-5-6-18-7-11(12)13(19-20)15(21)22/h1-4,14,18H,5-8H2,(H,21,22). The fourth-order valence-corrected chi connectivity index (χ4v) is 2.77. The SMILES string of the molecule is O=C(O)c1nn(Cc2ccccc2C(F)F)c2c1CNCC2. The van der Waals surface area contributed by atoms with Gasteiger partial charge in [-0.25, -0.2) is 13.6 Å². The van der Waals surface area contributed by atoms with Crippen molar-refractivity contribution < 1.29 is 18.7 Å². The van der Waals surface area contributed by atoms with Crippen LogP contribution in [0, 0.1) is 0 Å². The molecule has 0 saturated heterocycles. The van der Waals surface area contributed by atoms with E-state index in [9.17, 15) is 18.7 Å². The van der Waals surface area contributed by atoms with E-state index in [0.29, 0.717) is 30.6 Å². The smallest absolute Gasteiger partial charge is 0.356 e. The Labute approximate surface area is 125 Å². The summed E-state index contributed by atoms with van der Waals surface area (Å²) in [7, 11) is 0. The minimum atomic E-state index is -2.57. The highest BCUT2D eigenvalue weighted by Crippen LogP contribution is 2.25. The van der Waals surface area contributed by atoms with E-state index >= 15 is 0 Å². The van der Waals surface area contributed by atoms with Gasteiger partial charge in [0, 0.05) is 36.3 Å². The van der Waals surface area contributed by atoms with E-state index < -0.39 is 12.4 Å². The summed E-state index contributed by atoms with van der Waals surface area (Å²) in [5.74, 6) is -1.10. The molecule has 0 amide bonds. The quantitative estimate of drug-likeness (QED) is 0.909. The third kappa shape index (κ3) is 2.59. The molecular formula is C15H15F2N3O2. The summed E-state index contributed by atoms with van der Waals surface area (Å²) in [6.45, 7) is 1.30. The summed E-state index contributed by atoms with van der Waals surface area (Å²) in [6.07, 6.45) is -1.94. The Balaban J connectivity index is 2.01. The van der Waals surface area contributed by atoms with E-state index in [1.807, 2.05) is 0 Å². The molecule has 0 fully saturated rings. The second kappa shape index (κ2) is 5.84. The highest BCUT2D eigenvalue weighted by Gasteiger charge is 2.25. The van der Waals surface area contributed by atoms with Crippen molar-refractivity contribution in [3.8, 4) is 0 Å². The Morgan fingerprint density at radius 1 is 1.41 bits per heavy atom. The van der Waals surface area contributed by atoms with Crippen molar-refractivity contribution in [2.45, 2.75) is 25.9 Å². The molecule has 0 unspecified atom stereocenters. The van der Waals surface area contributed by atoms with Crippen LogP contribution in [0.2, 0.25) is 0 Å². The van der Waals surface area contributed by atoms with Crippen LogP contribution in [0.5, 0.6) is 0 Å². The molecule has 1 aromatic carbocycles. The largest absolute Gasteiger partial charge is 0.476 e. The molecule has 2 N–H and O–H groups in total. The van der Waals surface area contributed by atoms with Crippen LogP contribution in [0.25, 0.3) is 0 Å². The number of fused-ring (bicyclic) bond motifs is 1. The number of rotatable bonds is 4. The van der Waals surface area contributed by atoms with Crippen LogP contribution in [-0.4, -0.2) is 27.4 Å². The zero-order chi connectivity index (χ0) is 15.7. The maximum absolute atomic E-state index is 13.1. The van der Waals surface area contributed by atoms with Crippen LogP contribution in [0.4, 0.5) is 8.78 Å². The summed E-state index contributed by atoms with van der Waals surface area (Å²) in [5.41, 5.74) is 1.86. The van der Waals surface area contributed by atoms with Gasteiger partial charge in [0.1, 0.15) is 0 Å². The zero-order valence-corrected chi connectivity index (χ0v) is 11.7. The fraction of sp³-hybridized carbons (Fsp3) is 0.333. The topological polar surface area (TPSA) is 67.1 Å². The number of aromatic nitrogens is 2. The highest BCUT2D eigenvalue weighted by molar-refractivity contribution is 5.87. The molecule has 7 heteroatoms. The predicted octanol–water partition coefficient (Wildman–Crippen LogP) is 2.21. The van der Waals surface area contributed by atoms with Gasteiger partial charge in [0.25, 0.3) is 6.43 Å². The molecule has 22 heavy (non-hydrogen) atoms. The van der Waals surface area contributed by atoms with Crippen molar-refractivity contribution in [3.63, 3.8) is 0 Å². The first kappa shape index (κ1) is 14.6. The number of nitrogens with one attached hydrogen (secondary N) is 1. The van der Waals surface area contributed by atoms with Gasteiger partial charge in [-0.15, -0.1) is 0 Å². The number of nitrogens with zero attached hydrogens (tertiary/aromatic N) is 2. The molecule has 1 aromatic heterocycles. The summed E-state index contributed by atoms with van der Waals surface area (Å²) in [5, 5.41) is 16.5. The number of hydrogen-bond acceptors (Lipinski definition) is 3. The van der Waals surface area contributed by atoms with Gasteiger partial charge in [-0.05, 0) is 5.56 Å². The van der Waals surface area contributed by atoms with Crippen molar-refractivity contribution >= 4 is 5.97 Å². The van der Waals surface area contributed by atoms with Crippen molar-refractivity contribution in [1.82, 2.24) is 15.1 Å². The van der Waals surface area contributed by atoms with E-state index in [0.717, 1.165) is 5.69 Å². The summed E-state index contributed by atoms with van der Waals surface area (Å²) in [6, 6.07) is 6.26. The monoisotopic (exact) mass is 307 g/mol. The first-order chi connectivity index (χ1) is 10.6. The molecular weight excluding hydrogens is 292 g/mol. The number of hydrogen-bond donors (Lipinski definition) is 2. The van der Waals surface area contributed by atoms with Gasteiger partial charge in [0.2, 0.25) is 0 Å². The Bertz CT molecular complexity index is 713. The Hall–Kier alpha value is -2.28. The van der Waals surface area contributed by atoms with Crippen LogP contribution in [-0.2, 0) is 19.5 Å². The third-order valence-corrected chi connectivity index (χ3v) is 3.82. The van der Waals surface area contributed by atoms with Gasteiger partial charge < -0.3 is 10.4 Å². The molecule has 2 heterocycles. The van der Waals surface area contributed by atoms with Crippen molar-refractivity contribution in [2.75, 3.05) is 6.54 Å². The lowest BCUT2D eigenvalue weighted by Gasteiger charge is -2.16. The van der Waals surface area contributed by atoms with E-state index in [-0.39, 0.29) is 17.8 Å². The molecule has 0 radical (unpaired) electrons. The molecule has 0 bridgehead atoms. The van der Waals surface area contributed by atoms with E-state index in [2.05, 4.69) is 10.4 Å². The normalized spacial score (nSPS) is 14.1. The molecule has 5 nitrogen and oxygen atoms in total. The minimum Gasteiger partial charge on any atom is -0.476 e. The molecule has 0 atom stereocenters. The molecule has 1 aliphatic rings. The van der Waals surface area contributed by atoms with Gasteiger partial charge >= 0.3 is 5.97 Å². The van der Waals surface area contributed by atoms with E-state index in [1.165, 1.54) is 6.07 Å². The Morgan fingerprint density at radius 3 is 2.91 bits per heavy atom. The van der Waals surface area contributed by atoms with Crippen molar-refractivity contribution in [2.24, 2.45) is 0 Å². The van der Waals surface area contributed by atoms with Gasteiger partial charge in [0.15, 0.2) is 5.69 Å². The average molecular weight is 307 g/mol. The summed E-state index contributed by atoms with van der Waals surface area (Å²) >= 11 is 0. The third-order valence-electron chi connectivity index (χ3n) is 3.82. The van der Waals surface area contributed by atoms with Crippen LogP contribution in [0.1, 0.15) is 39.3 Å². The number of alkyl halides is 2. The van der Waals surface area contributed by atoms with Crippen molar-refractivity contribution in [3.05, 3.63) is 52.3 Å². The average Bonchev–Trinajstić information content (AvgIpc) is 2.87. The number of benzene rings is 1. The zero-order valence-electron chi connectivity index (χ0n) is 11.7. The minimum absolute atomic E-state index is 0.00303. The molecule has 116 valence electrons. The molecule has 0 spiro atoms. The lowest BCUT2D eigenvalue weighted by atomic mass is 10.1. The number of carbonyl (C=O) groups is 1. The first-order valence-corrected chi connectivity index (χ1v) is 6.96. The number of carboxylic acids is 1. The van der Waals surface area contributed by atoms with Crippen LogP contribution in [0.3, 0.4) is 0 Å². The van der Waals surface area contributed by atoms with E-state index in [4.69, 9.17) is 0 Å². The van der Waals surface area contributed by atoms with Gasteiger partial charge in [-0.3, -0.25) is 4.68 Å². The Kier molecular flexibility index (Phi) is 3.89. The van der Waals surface area contributed by atoms with Crippen LogP contribution in [0.15, 0.2) is 24.3 Å². The molecule has 0 saturated carbocycles. The first-order valence-electron chi connectivity index (χ1n) is 6.96. The van der Waals surface area contributed by atoms with Crippen LogP contribution < -0.4 is 5.32 Å². The Morgan fingerprint density at radius 2 is 2.18 bits per heavy atom. The molecule has 2 aromatic rings. The van der Waals surface area contributed by atoms with Crippen molar-refractivity contribution in [1.29, 1.82) is 0 Å². The van der Waals surface area contributed by atoms with E-state index in [1.54, 1.807) is 22.9 Å². The number of carboxylic acid groups (broad SMARTS) is 1. The second-order valence-electron chi connectivity index (χ2n) is 5.16. The molecule has 0 aliphatic carbocycles. The lowest BCUT2D eigenvalue weighted by Crippen LogP contribution is -2.25. The molecule has 1 aliphatic heterocycles. The summed E-state index contributed by atoms with van der Waals surface area (Å²) in [4.78, 5) is 11.3. The second-order valence-corrected chi connectivity index (χ2v) is 5.16. The predicted molar refractivity (Wildman–Crippen MR) is 75.1 cm³/mol. The fourth-order valence-electron chi connectivity index (χ4n) is 2.77. The highest BCUT2D eigenvalue weighted by atomic mass is 19.3.